The van der Waals surface area contributed by atoms with Crippen LogP contribution in [0.1, 0.15) is 37.6 Å². The van der Waals surface area contributed by atoms with Crippen molar-refractivity contribution in [3.05, 3.63) is 58.5 Å². The van der Waals surface area contributed by atoms with Gasteiger partial charge in [0.2, 0.25) is 0 Å². The van der Waals surface area contributed by atoms with Gasteiger partial charge in [0.25, 0.3) is 5.56 Å². The SMILES string of the molecule is COC(=O)c1ccc2c(c1)c(-c1nc3cc(OC)ccc3n(CC(=O)OC(C)(C)C)c1=O)cn2CCCN. The second-order valence-corrected chi connectivity index (χ2v) is 9.89. The van der Waals surface area contributed by atoms with Crippen molar-refractivity contribution in [2.45, 2.75) is 45.9 Å². The average molecular weight is 521 g/mol. The number of hydrogen-bond donors (Lipinski definition) is 1. The molecule has 2 heterocycles. The van der Waals surface area contributed by atoms with Gasteiger partial charge in [-0.15, -0.1) is 0 Å². The Morgan fingerprint density at radius 3 is 2.45 bits per heavy atom. The summed E-state index contributed by atoms with van der Waals surface area (Å²) < 4.78 is 19.1. The summed E-state index contributed by atoms with van der Waals surface area (Å²) in [5, 5.41) is 0.653. The zero-order valence-corrected chi connectivity index (χ0v) is 22.2. The lowest BCUT2D eigenvalue weighted by Crippen LogP contribution is -2.31. The molecule has 4 aromatic rings. The molecule has 2 N–H and O–H groups in total. The first kappa shape index (κ1) is 26.9. The number of fused-ring (bicyclic) bond motifs is 2. The molecule has 10 nitrogen and oxygen atoms in total. The standard InChI is InChI=1S/C28H32N4O6/c1-28(2,3)38-24(33)16-32-23-10-8-18(36-4)14-21(23)30-25(26(32)34)20-15-31(12-6-11-29)22-9-7-17(13-19(20)22)27(35)37-5/h7-10,13-15H,6,11-12,16,29H2,1-5H3. The van der Waals surface area contributed by atoms with Crippen LogP contribution in [0.2, 0.25) is 0 Å². The van der Waals surface area contributed by atoms with Crippen molar-refractivity contribution in [1.29, 1.82) is 0 Å². The summed E-state index contributed by atoms with van der Waals surface area (Å²) in [5.41, 5.74) is 7.31. The van der Waals surface area contributed by atoms with Gasteiger partial charge in [-0.05, 0) is 64.1 Å². The van der Waals surface area contributed by atoms with Crippen LogP contribution in [-0.4, -0.2) is 52.4 Å². The number of aryl methyl sites for hydroxylation is 1. The molecule has 0 radical (unpaired) electrons. The van der Waals surface area contributed by atoms with Gasteiger partial charge >= 0.3 is 11.9 Å². The first-order valence-electron chi connectivity index (χ1n) is 12.3. The van der Waals surface area contributed by atoms with Crippen LogP contribution in [0.15, 0.2) is 47.4 Å². The van der Waals surface area contributed by atoms with Gasteiger partial charge < -0.3 is 24.5 Å². The van der Waals surface area contributed by atoms with Crippen LogP contribution in [0.4, 0.5) is 0 Å². The predicted molar refractivity (Wildman–Crippen MR) is 144 cm³/mol. The molecule has 0 atom stereocenters. The number of nitrogens with zero attached hydrogens (tertiary/aromatic N) is 3. The minimum Gasteiger partial charge on any atom is -0.497 e. The van der Waals surface area contributed by atoms with E-state index in [-0.39, 0.29) is 12.2 Å². The van der Waals surface area contributed by atoms with Crippen LogP contribution < -0.4 is 16.0 Å². The second kappa shape index (κ2) is 10.7. The summed E-state index contributed by atoms with van der Waals surface area (Å²) in [6.45, 7) is 6.11. The Labute approximate surface area is 219 Å². The second-order valence-electron chi connectivity index (χ2n) is 9.89. The van der Waals surface area contributed by atoms with Crippen LogP contribution in [0.5, 0.6) is 5.75 Å². The smallest absolute Gasteiger partial charge is 0.337 e. The van der Waals surface area contributed by atoms with E-state index in [1.165, 1.54) is 18.8 Å². The molecular formula is C28H32N4O6. The Balaban J connectivity index is 1.99. The van der Waals surface area contributed by atoms with Gasteiger partial charge in [-0.1, -0.05) is 0 Å². The highest BCUT2D eigenvalue weighted by Gasteiger charge is 2.23. The van der Waals surface area contributed by atoms with E-state index in [2.05, 4.69) is 0 Å². The predicted octanol–water partition coefficient (Wildman–Crippen LogP) is 3.50. The lowest BCUT2D eigenvalue weighted by molar-refractivity contribution is -0.155. The van der Waals surface area contributed by atoms with Gasteiger partial charge in [-0.3, -0.25) is 14.2 Å². The Morgan fingerprint density at radius 1 is 1.05 bits per heavy atom. The molecule has 2 aromatic carbocycles. The van der Waals surface area contributed by atoms with E-state index < -0.39 is 23.1 Å². The fourth-order valence-electron chi connectivity index (χ4n) is 4.37. The molecule has 0 bridgehead atoms. The number of benzene rings is 2. The molecule has 38 heavy (non-hydrogen) atoms. The summed E-state index contributed by atoms with van der Waals surface area (Å²) in [5.74, 6) is -0.491. The van der Waals surface area contributed by atoms with Crippen molar-refractivity contribution < 1.29 is 23.8 Å². The Kier molecular flexibility index (Phi) is 7.54. The molecule has 0 saturated carbocycles. The first-order chi connectivity index (χ1) is 18.1. The van der Waals surface area contributed by atoms with Crippen molar-refractivity contribution in [2.75, 3.05) is 20.8 Å². The number of carbonyl (C=O) groups is 2. The Hall–Kier alpha value is -4.18. The van der Waals surface area contributed by atoms with Gasteiger partial charge in [0.15, 0.2) is 0 Å². The third-order valence-corrected chi connectivity index (χ3v) is 6.02. The van der Waals surface area contributed by atoms with Crippen molar-refractivity contribution >= 4 is 33.9 Å². The Bertz CT molecular complexity index is 1580. The maximum atomic E-state index is 13.9. The molecule has 0 aliphatic rings. The minimum absolute atomic E-state index is 0.132. The van der Waals surface area contributed by atoms with Crippen LogP contribution in [0, 0.1) is 0 Å². The molecule has 0 aliphatic carbocycles. The van der Waals surface area contributed by atoms with Gasteiger partial charge in [0, 0.05) is 35.3 Å². The number of esters is 2. The third kappa shape index (κ3) is 5.40. The largest absolute Gasteiger partial charge is 0.497 e. The molecular weight excluding hydrogens is 488 g/mol. The number of rotatable bonds is 8. The van der Waals surface area contributed by atoms with Crippen LogP contribution in [0.3, 0.4) is 0 Å². The molecule has 0 amide bonds. The van der Waals surface area contributed by atoms with E-state index in [0.29, 0.717) is 52.8 Å². The highest BCUT2D eigenvalue weighted by Crippen LogP contribution is 2.31. The van der Waals surface area contributed by atoms with Crippen LogP contribution in [0.25, 0.3) is 33.2 Å². The summed E-state index contributed by atoms with van der Waals surface area (Å²) >= 11 is 0. The molecule has 10 heteroatoms. The summed E-state index contributed by atoms with van der Waals surface area (Å²) in [7, 11) is 2.85. The highest BCUT2D eigenvalue weighted by molar-refractivity contribution is 6.01. The monoisotopic (exact) mass is 520 g/mol. The van der Waals surface area contributed by atoms with Crippen molar-refractivity contribution in [3.8, 4) is 17.0 Å². The van der Waals surface area contributed by atoms with Crippen molar-refractivity contribution in [2.24, 2.45) is 5.73 Å². The number of carbonyl (C=O) groups excluding carboxylic acids is 2. The third-order valence-electron chi connectivity index (χ3n) is 6.02. The average Bonchev–Trinajstić information content (AvgIpc) is 3.24. The molecule has 0 spiro atoms. The van der Waals surface area contributed by atoms with Gasteiger partial charge in [-0.25, -0.2) is 9.78 Å². The molecule has 0 aliphatic heterocycles. The van der Waals surface area contributed by atoms with E-state index >= 15 is 0 Å². The summed E-state index contributed by atoms with van der Waals surface area (Å²) in [6.07, 6.45) is 2.54. The normalized spacial score (nSPS) is 11.6. The lowest BCUT2D eigenvalue weighted by atomic mass is 10.1. The van der Waals surface area contributed by atoms with Gasteiger partial charge in [0.05, 0.1) is 30.8 Å². The van der Waals surface area contributed by atoms with E-state index in [4.69, 9.17) is 24.9 Å². The van der Waals surface area contributed by atoms with Crippen LogP contribution in [-0.2, 0) is 27.4 Å². The summed E-state index contributed by atoms with van der Waals surface area (Å²) in [4.78, 5) is 43.7. The van der Waals surface area contributed by atoms with E-state index in [1.54, 1.807) is 51.1 Å². The maximum Gasteiger partial charge on any atom is 0.337 e. The number of aromatic nitrogens is 3. The van der Waals surface area contributed by atoms with E-state index in [0.717, 1.165) is 5.52 Å². The highest BCUT2D eigenvalue weighted by atomic mass is 16.6. The number of hydrogen-bond acceptors (Lipinski definition) is 8. The molecule has 0 saturated heterocycles. The lowest BCUT2D eigenvalue weighted by Gasteiger charge is -2.20. The summed E-state index contributed by atoms with van der Waals surface area (Å²) in [6, 6.07) is 10.3. The van der Waals surface area contributed by atoms with Crippen molar-refractivity contribution in [1.82, 2.24) is 14.1 Å². The topological polar surface area (TPSA) is 128 Å². The molecule has 0 fully saturated rings. The number of methoxy groups -OCH3 is 2. The van der Waals surface area contributed by atoms with E-state index in [9.17, 15) is 14.4 Å². The molecule has 200 valence electrons. The van der Waals surface area contributed by atoms with Gasteiger partial charge in [0.1, 0.15) is 23.6 Å². The zero-order valence-electron chi connectivity index (χ0n) is 22.2. The molecule has 4 rings (SSSR count). The van der Waals surface area contributed by atoms with E-state index in [1.807, 2.05) is 16.8 Å². The Morgan fingerprint density at radius 2 is 1.79 bits per heavy atom. The first-order valence-corrected chi connectivity index (χ1v) is 12.3. The van der Waals surface area contributed by atoms with Crippen molar-refractivity contribution in [3.63, 3.8) is 0 Å². The number of nitrogens with two attached hydrogens (primary N) is 1. The zero-order chi connectivity index (χ0) is 27.6. The molecule has 0 unspecified atom stereocenters. The number of ether oxygens (including phenoxy) is 3. The minimum atomic E-state index is -0.712. The maximum absolute atomic E-state index is 13.9. The van der Waals surface area contributed by atoms with Gasteiger partial charge in [-0.2, -0.15) is 0 Å². The fourth-order valence-corrected chi connectivity index (χ4v) is 4.37. The molecule has 2 aromatic heterocycles. The fraction of sp³-hybridized carbons (Fsp3) is 0.357. The van der Waals surface area contributed by atoms with Crippen LogP contribution >= 0.6 is 0 Å². The quantitative estimate of drug-likeness (QED) is 0.350.